The van der Waals surface area contributed by atoms with E-state index in [1.165, 1.54) is 24.3 Å². The number of aromatic amines is 2. The SMILES string of the molecule is COC(=O)c1ccccc1C(=O)N(CCc1ccccc1)Cc1c[nH]c(=O)[nH]c1=O. The lowest BCUT2D eigenvalue weighted by atomic mass is 10.1. The van der Waals surface area contributed by atoms with Crippen molar-refractivity contribution in [1.82, 2.24) is 14.9 Å². The Morgan fingerprint density at radius 1 is 0.967 bits per heavy atom. The highest BCUT2D eigenvalue weighted by molar-refractivity contribution is 6.05. The first-order valence-corrected chi connectivity index (χ1v) is 9.31. The highest BCUT2D eigenvalue weighted by Crippen LogP contribution is 2.15. The number of amides is 1. The van der Waals surface area contributed by atoms with Crippen LogP contribution in [0, 0.1) is 0 Å². The molecule has 2 aromatic carbocycles. The molecule has 0 atom stereocenters. The molecule has 1 amide bonds. The third-order valence-corrected chi connectivity index (χ3v) is 4.62. The number of esters is 1. The van der Waals surface area contributed by atoms with Gasteiger partial charge in [0.25, 0.3) is 11.5 Å². The number of carbonyl (C=O) groups excluding carboxylic acids is 2. The van der Waals surface area contributed by atoms with E-state index in [4.69, 9.17) is 4.74 Å². The summed E-state index contributed by atoms with van der Waals surface area (Å²) in [7, 11) is 1.25. The summed E-state index contributed by atoms with van der Waals surface area (Å²) in [5, 5.41) is 0. The minimum Gasteiger partial charge on any atom is -0.465 e. The van der Waals surface area contributed by atoms with Crippen LogP contribution in [0.25, 0.3) is 0 Å². The molecule has 0 spiro atoms. The summed E-state index contributed by atoms with van der Waals surface area (Å²) in [5.41, 5.74) is 0.376. The molecule has 0 bridgehead atoms. The summed E-state index contributed by atoms with van der Waals surface area (Å²) < 4.78 is 4.78. The van der Waals surface area contributed by atoms with Gasteiger partial charge < -0.3 is 14.6 Å². The Labute approximate surface area is 172 Å². The van der Waals surface area contributed by atoms with Crippen molar-refractivity contribution in [1.29, 1.82) is 0 Å². The van der Waals surface area contributed by atoms with Crippen LogP contribution in [0.4, 0.5) is 0 Å². The van der Waals surface area contributed by atoms with Crippen molar-refractivity contribution in [3.63, 3.8) is 0 Å². The number of methoxy groups -OCH3 is 1. The predicted octanol–water partition coefficient (Wildman–Crippen LogP) is 1.73. The van der Waals surface area contributed by atoms with Crippen molar-refractivity contribution in [2.75, 3.05) is 13.7 Å². The summed E-state index contributed by atoms with van der Waals surface area (Å²) in [6.45, 7) is 0.268. The van der Waals surface area contributed by atoms with E-state index in [-0.39, 0.29) is 23.2 Å². The first-order valence-electron chi connectivity index (χ1n) is 9.31. The summed E-state index contributed by atoms with van der Waals surface area (Å²) in [4.78, 5) is 54.9. The largest absolute Gasteiger partial charge is 0.465 e. The van der Waals surface area contributed by atoms with Gasteiger partial charge in [0.15, 0.2) is 0 Å². The van der Waals surface area contributed by atoms with E-state index < -0.39 is 23.1 Å². The Balaban J connectivity index is 1.94. The molecular weight excluding hydrogens is 386 g/mol. The number of hydrogen-bond acceptors (Lipinski definition) is 5. The number of nitrogens with zero attached hydrogens (tertiary/aromatic N) is 1. The van der Waals surface area contributed by atoms with E-state index >= 15 is 0 Å². The maximum absolute atomic E-state index is 13.3. The van der Waals surface area contributed by atoms with Gasteiger partial charge in [-0.1, -0.05) is 42.5 Å². The van der Waals surface area contributed by atoms with Crippen molar-refractivity contribution in [3.05, 3.63) is 104 Å². The van der Waals surface area contributed by atoms with E-state index in [1.54, 1.807) is 18.2 Å². The van der Waals surface area contributed by atoms with E-state index in [0.717, 1.165) is 5.56 Å². The molecule has 0 saturated carbocycles. The van der Waals surface area contributed by atoms with Gasteiger partial charge in [0.05, 0.1) is 30.3 Å². The van der Waals surface area contributed by atoms with Crippen LogP contribution in [0.1, 0.15) is 31.8 Å². The van der Waals surface area contributed by atoms with Crippen LogP contribution < -0.4 is 11.2 Å². The van der Waals surface area contributed by atoms with E-state index in [0.29, 0.717) is 13.0 Å². The predicted molar refractivity (Wildman–Crippen MR) is 110 cm³/mol. The molecule has 0 aliphatic carbocycles. The second-order valence-electron chi connectivity index (χ2n) is 6.60. The molecule has 8 nitrogen and oxygen atoms in total. The smallest absolute Gasteiger partial charge is 0.338 e. The maximum atomic E-state index is 13.3. The van der Waals surface area contributed by atoms with Gasteiger partial charge in [-0.2, -0.15) is 0 Å². The molecule has 0 unspecified atom stereocenters. The van der Waals surface area contributed by atoms with Gasteiger partial charge >= 0.3 is 11.7 Å². The summed E-state index contributed by atoms with van der Waals surface area (Å²) >= 11 is 0. The van der Waals surface area contributed by atoms with Crippen molar-refractivity contribution in [2.24, 2.45) is 0 Å². The minimum absolute atomic E-state index is 0.0344. The Kier molecular flexibility index (Phi) is 6.59. The Morgan fingerprint density at radius 3 is 2.30 bits per heavy atom. The van der Waals surface area contributed by atoms with Crippen LogP contribution in [0.5, 0.6) is 0 Å². The molecule has 0 radical (unpaired) electrons. The van der Waals surface area contributed by atoms with Crippen molar-refractivity contribution in [2.45, 2.75) is 13.0 Å². The van der Waals surface area contributed by atoms with Crippen molar-refractivity contribution >= 4 is 11.9 Å². The fraction of sp³-hybridized carbons (Fsp3) is 0.182. The van der Waals surface area contributed by atoms with Gasteiger partial charge in [-0.05, 0) is 24.1 Å². The molecule has 3 aromatic rings. The number of benzene rings is 2. The number of ether oxygens (including phenoxy) is 1. The fourth-order valence-electron chi connectivity index (χ4n) is 3.05. The average Bonchev–Trinajstić information content (AvgIpc) is 2.77. The highest BCUT2D eigenvalue weighted by Gasteiger charge is 2.23. The zero-order chi connectivity index (χ0) is 21.5. The lowest BCUT2D eigenvalue weighted by molar-refractivity contribution is 0.0589. The average molecular weight is 407 g/mol. The summed E-state index contributed by atoms with van der Waals surface area (Å²) in [6.07, 6.45) is 1.84. The van der Waals surface area contributed by atoms with Crippen LogP contribution in [-0.4, -0.2) is 40.4 Å². The molecule has 8 heteroatoms. The molecule has 154 valence electrons. The lowest BCUT2D eigenvalue weighted by Crippen LogP contribution is -2.36. The number of rotatable bonds is 7. The van der Waals surface area contributed by atoms with Crippen LogP contribution in [0.2, 0.25) is 0 Å². The monoisotopic (exact) mass is 407 g/mol. The third kappa shape index (κ3) is 4.91. The zero-order valence-corrected chi connectivity index (χ0v) is 16.4. The Morgan fingerprint density at radius 2 is 1.63 bits per heavy atom. The van der Waals surface area contributed by atoms with Crippen molar-refractivity contribution in [3.8, 4) is 0 Å². The second kappa shape index (κ2) is 9.51. The number of H-pyrrole nitrogens is 2. The number of carbonyl (C=O) groups is 2. The summed E-state index contributed by atoms with van der Waals surface area (Å²) in [5.74, 6) is -1.04. The number of hydrogen-bond donors (Lipinski definition) is 2. The first kappa shape index (κ1) is 20.8. The van der Waals surface area contributed by atoms with Crippen molar-refractivity contribution < 1.29 is 14.3 Å². The van der Waals surface area contributed by atoms with Gasteiger partial charge in [0, 0.05) is 12.7 Å². The van der Waals surface area contributed by atoms with E-state index in [2.05, 4.69) is 9.97 Å². The first-order chi connectivity index (χ1) is 14.5. The molecule has 3 rings (SSSR count). The quantitative estimate of drug-likeness (QED) is 0.580. The second-order valence-corrected chi connectivity index (χ2v) is 6.60. The lowest BCUT2D eigenvalue weighted by Gasteiger charge is -2.23. The molecular formula is C22H21N3O5. The van der Waals surface area contributed by atoms with E-state index in [9.17, 15) is 19.2 Å². The molecule has 30 heavy (non-hydrogen) atoms. The zero-order valence-electron chi connectivity index (χ0n) is 16.4. The van der Waals surface area contributed by atoms with Gasteiger partial charge in [-0.15, -0.1) is 0 Å². The highest BCUT2D eigenvalue weighted by atomic mass is 16.5. The summed E-state index contributed by atoms with van der Waals surface area (Å²) in [6, 6.07) is 15.9. The molecule has 0 fully saturated rings. The van der Waals surface area contributed by atoms with Crippen LogP contribution >= 0.6 is 0 Å². The molecule has 1 aromatic heterocycles. The Hall–Kier alpha value is -3.94. The van der Waals surface area contributed by atoms with Gasteiger partial charge in [0.2, 0.25) is 0 Å². The van der Waals surface area contributed by atoms with E-state index in [1.807, 2.05) is 30.3 Å². The maximum Gasteiger partial charge on any atom is 0.338 e. The number of aromatic nitrogens is 2. The topological polar surface area (TPSA) is 112 Å². The fourth-order valence-corrected chi connectivity index (χ4v) is 3.05. The molecule has 1 heterocycles. The minimum atomic E-state index is -0.623. The third-order valence-electron chi connectivity index (χ3n) is 4.62. The van der Waals surface area contributed by atoms with Crippen LogP contribution in [-0.2, 0) is 17.7 Å². The molecule has 0 aliphatic heterocycles. The van der Waals surface area contributed by atoms with Crippen LogP contribution in [0.3, 0.4) is 0 Å². The van der Waals surface area contributed by atoms with Crippen LogP contribution in [0.15, 0.2) is 70.4 Å². The Bertz CT molecular complexity index is 1150. The number of nitrogens with one attached hydrogen (secondary N) is 2. The molecule has 0 saturated heterocycles. The molecule has 2 N–H and O–H groups in total. The standard InChI is InChI=1S/C22H21N3O5/c1-30-21(28)18-10-6-5-9-17(18)20(27)25(12-11-15-7-3-2-4-8-15)14-16-13-23-22(29)24-19(16)26/h2-10,13H,11-12,14H2,1H3,(H2,23,24,26,29). The normalized spacial score (nSPS) is 10.4. The van der Waals surface area contributed by atoms with Gasteiger partial charge in [-0.3, -0.25) is 14.6 Å². The van der Waals surface area contributed by atoms with Gasteiger partial charge in [0.1, 0.15) is 0 Å². The molecule has 0 aliphatic rings. The van der Waals surface area contributed by atoms with Gasteiger partial charge in [-0.25, -0.2) is 9.59 Å².